The van der Waals surface area contributed by atoms with Crippen molar-refractivity contribution in [2.45, 2.75) is 0 Å². The maximum absolute atomic E-state index is 12.4. The van der Waals surface area contributed by atoms with Crippen molar-refractivity contribution in [3.05, 3.63) is 64.9 Å². The Morgan fingerprint density at radius 1 is 1.15 bits per heavy atom. The van der Waals surface area contributed by atoms with Crippen molar-refractivity contribution >= 4 is 23.7 Å². The normalized spacial score (nSPS) is 13.9. The number of hydrogen-bond donors (Lipinski definition) is 1. The highest BCUT2D eigenvalue weighted by atomic mass is 16.5. The first-order valence-corrected chi connectivity index (χ1v) is 7.65. The van der Waals surface area contributed by atoms with Gasteiger partial charge in [-0.2, -0.15) is 0 Å². The summed E-state index contributed by atoms with van der Waals surface area (Å²) in [6.45, 7) is -0.262. The highest BCUT2D eigenvalue weighted by Gasteiger charge is 2.27. The Hall–Kier alpha value is -3.61. The van der Waals surface area contributed by atoms with Crippen LogP contribution in [0.15, 0.2) is 48.2 Å². The van der Waals surface area contributed by atoms with E-state index in [0.29, 0.717) is 28.2 Å². The van der Waals surface area contributed by atoms with Gasteiger partial charge in [0.1, 0.15) is 11.5 Å². The molecule has 0 aromatic heterocycles. The molecule has 132 valence electrons. The predicted molar refractivity (Wildman–Crippen MR) is 91.8 cm³/mol. The number of rotatable bonds is 5. The number of carbonyl (C=O) groups excluding carboxylic acids is 3. The van der Waals surface area contributed by atoms with Crippen LogP contribution in [0, 0.1) is 0 Å². The minimum absolute atomic E-state index is 0.151. The van der Waals surface area contributed by atoms with Crippen molar-refractivity contribution in [2.75, 3.05) is 13.7 Å². The van der Waals surface area contributed by atoms with E-state index in [4.69, 9.17) is 15.2 Å². The molecule has 3 rings (SSSR count). The second kappa shape index (κ2) is 7.10. The maximum atomic E-state index is 12.4. The number of primary amides is 1. The maximum Gasteiger partial charge on any atom is 0.337 e. The highest BCUT2D eigenvalue weighted by Crippen LogP contribution is 2.34. The lowest BCUT2D eigenvalue weighted by molar-refractivity contribution is -0.119. The molecule has 26 heavy (non-hydrogen) atoms. The summed E-state index contributed by atoms with van der Waals surface area (Å²) in [5, 5.41) is 0. The van der Waals surface area contributed by atoms with Gasteiger partial charge in [-0.05, 0) is 35.9 Å². The summed E-state index contributed by atoms with van der Waals surface area (Å²) < 4.78 is 15.4. The average Bonchev–Trinajstić information content (AvgIpc) is 2.95. The fourth-order valence-electron chi connectivity index (χ4n) is 2.40. The molecule has 1 aliphatic rings. The Labute approximate surface area is 149 Å². The van der Waals surface area contributed by atoms with E-state index >= 15 is 0 Å². The van der Waals surface area contributed by atoms with Crippen LogP contribution in [-0.4, -0.2) is 31.4 Å². The third kappa shape index (κ3) is 3.56. The number of Topliss-reactive ketones (excluding diaryl/α,β-unsaturated/α-hetero) is 1. The van der Waals surface area contributed by atoms with Crippen LogP contribution in [0.4, 0.5) is 0 Å². The number of allylic oxidation sites excluding steroid dienone is 1. The zero-order valence-electron chi connectivity index (χ0n) is 13.9. The fraction of sp³-hybridized carbons (Fsp3) is 0.105. The number of nitrogens with two attached hydrogens (primary N) is 1. The van der Waals surface area contributed by atoms with Crippen LogP contribution in [0.2, 0.25) is 0 Å². The van der Waals surface area contributed by atoms with E-state index in [1.165, 1.54) is 13.2 Å². The fourth-order valence-corrected chi connectivity index (χ4v) is 2.40. The summed E-state index contributed by atoms with van der Waals surface area (Å²) in [6, 6.07) is 11.2. The first-order chi connectivity index (χ1) is 12.5. The van der Waals surface area contributed by atoms with Crippen LogP contribution < -0.4 is 15.2 Å². The molecule has 7 nitrogen and oxygen atoms in total. The van der Waals surface area contributed by atoms with E-state index in [2.05, 4.69) is 4.74 Å². The summed E-state index contributed by atoms with van der Waals surface area (Å²) in [5.74, 6) is -0.434. The quantitative estimate of drug-likeness (QED) is 0.651. The molecule has 2 aromatic carbocycles. The van der Waals surface area contributed by atoms with Crippen LogP contribution in [0.3, 0.4) is 0 Å². The molecule has 7 heteroatoms. The van der Waals surface area contributed by atoms with Gasteiger partial charge in [0.05, 0.1) is 18.2 Å². The summed E-state index contributed by atoms with van der Waals surface area (Å²) in [6.07, 6.45) is 1.58. The number of methoxy groups -OCH3 is 1. The zero-order chi connectivity index (χ0) is 18.7. The molecule has 1 heterocycles. The van der Waals surface area contributed by atoms with E-state index in [1.54, 1.807) is 42.5 Å². The summed E-state index contributed by atoms with van der Waals surface area (Å²) in [4.78, 5) is 34.6. The van der Waals surface area contributed by atoms with Crippen molar-refractivity contribution in [1.29, 1.82) is 0 Å². The van der Waals surface area contributed by atoms with Crippen molar-refractivity contribution in [3.63, 3.8) is 0 Å². The van der Waals surface area contributed by atoms with E-state index in [0.717, 1.165) is 0 Å². The van der Waals surface area contributed by atoms with Crippen molar-refractivity contribution < 1.29 is 28.6 Å². The Morgan fingerprint density at radius 3 is 2.54 bits per heavy atom. The van der Waals surface area contributed by atoms with Crippen molar-refractivity contribution in [3.8, 4) is 11.5 Å². The number of ketones is 1. The minimum atomic E-state index is -0.599. The topological polar surface area (TPSA) is 105 Å². The largest absolute Gasteiger partial charge is 0.484 e. The van der Waals surface area contributed by atoms with Crippen LogP contribution in [0.25, 0.3) is 6.08 Å². The number of esters is 1. The standard InChI is InChI=1S/C19H15NO6/c1-24-19(23)12-4-2-11(3-5-12)8-16-18(22)14-7-6-13(9-15(14)26-16)25-10-17(20)21/h2-9H,10H2,1H3,(H2,20,21)/b16-8+. The highest BCUT2D eigenvalue weighted by molar-refractivity contribution is 6.14. The van der Waals surface area contributed by atoms with Crippen molar-refractivity contribution in [2.24, 2.45) is 5.73 Å². The number of ether oxygens (including phenoxy) is 3. The molecule has 0 unspecified atom stereocenters. The second-order valence-electron chi connectivity index (χ2n) is 5.47. The van der Waals surface area contributed by atoms with Gasteiger partial charge in [-0.3, -0.25) is 9.59 Å². The molecule has 2 aromatic rings. The summed E-state index contributed by atoms with van der Waals surface area (Å²) >= 11 is 0. The van der Waals surface area contributed by atoms with E-state index in [9.17, 15) is 14.4 Å². The third-order valence-corrected chi connectivity index (χ3v) is 3.65. The molecule has 2 N–H and O–H groups in total. The number of fused-ring (bicyclic) bond motifs is 1. The summed E-state index contributed by atoms with van der Waals surface area (Å²) in [7, 11) is 1.31. The predicted octanol–water partition coefficient (Wildman–Crippen LogP) is 1.95. The van der Waals surface area contributed by atoms with Gasteiger partial charge in [-0.25, -0.2) is 4.79 Å². The first-order valence-electron chi connectivity index (χ1n) is 7.65. The van der Waals surface area contributed by atoms with Crippen LogP contribution in [0.5, 0.6) is 11.5 Å². The monoisotopic (exact) mass is 353 g/mol. The van der Waals surface area contributed by atoms with Gasteiger partial charge in [0.2, 0.25) is 5.78 Å². The lowest BCUT2D eigenvalue weighted by Crippen LogP contribution is -2.19. The molecular weight excluding hydrogens is 338 g/mol. The molecule has 0 bridgehead atoms. The lowest BCUT2D eigenvalue weighted by atomic mass is 10.1. The molecule has 0 spiro atoms. The molecule has 0 atom stereocenters. The number of carbonyl (C=O) groups is 3. The molecule has 0 aliphatic carbocycles. The Morgan fingerprint density at radius 2 is 1.88 bits per heavy atom. The molecular formula is C19H15NO6. The zero-order valence-corrected chi connectivity index (χ0v) is 13.9. The number of benzene rings is 2. The van der Waals surface area contributed by atoms with Crippen LogP contribution in [-0.2, 0) is 9.53 Å². The molecule has 0 radical (unpaired) electrons. The van der Waals surface area contributed by atoms with Gasteiger partial charge in [-0.15, -0.1) is 0 Å². The molecule has 1 amide bonds. The average molecular weight is 353 g/mol. The number of hydrogen-bond acceptors (Lipinski definition) is 6. The first kappa shape index (κ1) is 17.2. The molecule has 0 fully saturated rings. The van der Waals surface area contributed by atoms with Gasteiger partial charge in [-0.1, -0.05) is 12.1 Å². The Balaban J connectivity index is 1.79. The van der Waals surface area contributed by atoms with E-state index in [-0.39, 0.29) is 18.1 Å². The van der Waals surface area contributed by atoms with Gasteiger partial charge >= 0.3 is 5.97 Å². The van der Waals surface area contributed by atoms with Gasteiger partial charge < -0.3 is 19.9 Å². The van der Waals surface area contributed by atoms with Crippen molar-refractivity contribution in [1.82, 2.24) is 0 Å². The van der Waals surface area contributed by atoms with Gasteiger partial charge in [0.15, 0.2) is 12.4 Å². The Kier molecular flexibility index (Phi) is 4.70. The Bertz CT molecular complexity index is 914. The van der Waals surface area contributed by atoms with E-state index in [1.807, 2.05) is 0 Å². The van der Waals surface area contributed by atoms with Gasteiger partial charge in [0, 0.05) is 6.07 Å². The van der Waals surface area contributed by atoms with Crippen LogP contribution in [0.1, 0.15) is 26.3 Å². The smallest absolute Gasteiger partial charge is 0.337 e. The van der Waals surface area contributed by atoms with E-state index < -0.39 is 11.9 Å². The number of amides is 1. The third-order valence-electron chi connectivity index (χ3n) is 3.65. The van der Waals surface area contributed by atoms with Crippen LogP contribution >= 0.6 is 0 Å². The van der Waals surface area contributed by atoms with Gasteiger partial charge in [0.25, 0.3) is 5.91 Å². The second-order valence-corrected chi connectivity index (χ2v) is 5.47. The SMILES string of the molecule is COC(=O)c1ccc(/C=C2/Oc3cc(OCC(N)=O)ccc3C2=O)cc1. The summed E-state index contributed by atoms with van der Waals surface area (Å²) in [5.41, 5.74) is 6.53. The minimum Gasteiger partial charge on any atom is -0.484 e. The molecule has 0 saturated heterocycles. The molecule has 1 aliphatic heterocycles. The molecule has 0 saturated carbocycles. The lowest BCUT2D eigenvalue weighted by Gasteiger charge is -2.04.